The molecule has 5 heteroatoms. The lowest BCUT2D eigenvalue weighted by molar-refractivity contribution is 0.0272. The van der Waals surface area contributed by atoms with E-state index in [9.17, 15) is 4.39 Å². The van der Waals surface area contributed by atoms with Gasteiger partial charge in [0.05, 0.1) is 38.7 Å². The van der Waals surface area contributed by atoms with Crippen molar-refractivity contribution >= 4 is 5.69 Å². The molecule has 0 bridgehead atoms. The second kappa shape index (κ2) is 9.72. The van der Waals surface area contributed by atoms with Crippen molar-refractivity contribution in [1.82, 2.24) is 0 Å². The summed E-state index contributed by atoms with van der Waals surface area (Å²) in [4.78, 5) is 0. The average molecular weight is 271 g/mol. The minimum absolute atomic E-state index is 0.233. The third-order valence-corrected chi connectivity index (χ3v) is 2.57. The minimum atomic E-state index is -0.233. The largest absolute Gasteiger partial charge is 0.382 e. The van der Waals surface area contributed by atoms with E-state index in [1.54, 1.807) is 13.2 Å². The lowest BCUT2D eigenvalue weighted by Gasteiger charge is -2.11. The quantitative estimate of drug-likeness (QED) is 0.662. The zero-order valence-corrected chi connectivity index (χ0v) is 11.6. The Kier molecular flexibility index (Phi) is 8.13. The Bertz CT molecular complexity index is 340. The number of rotatable bonds is 10. The number of nitrogens with one attached hydrogen (secondary N) is 1. The van der Waals surface area contributed by atoms with Crippen LogP contribution in [0.15, 0.2) is 18.2 Å². The topological polar surface area (TPSA) is 39.7 Å². The van der Waals surface area contributed by atoms with Crippen LogP contribution in [-0.2, 0) is 14.2 Å². The van der Waals surface area contributed by atoms with Gasteiger partial charge in [0.25, 0.3) is 0 Å². The van der Waals surface area contributed by atoms with Crippen LogP contribution in [0.25, 0.3) is 0 Å². The molecule has 0 amide bonds. The second-order valence-electron chi connectivity index (χ2n) is 4.08. The van der Waals surface area contributed by atoms with Crippen molar-refractivity contribution < 1.29 is 18.6 Å². The molecule has 0 aliphatic rings. The summed E-state index contributed by atoms with van der Waals surface area (Å²) in [5, 5.41) is 3.03. The van der Waals surface area contributed by atoms with Crippen molar-refractivity contribution in [3.63, 3.8) is 0 Å². The van der Waals surface area contributed by atoms with Crippen molar-refractivity contribution in [2.24, 2.45) is 0 Å². The van der Waals surface area contributed by atoms with E-state index in [2.05, 4.69) is 5.32 Å². The van der Waals surface area contributed by atoms with Crippen molar-refractivity contribution in [2.45, 2.75) is 6.92 Å². The first-order valence-electron chi connectivity index (χ1n) is 6.39. The molecule has 1 N–H and O–H groups in total. The summed E-state index contributed by atoms with van der Waals surface area (Å²) in [7, 11) is 1.64. The van der Waals surface area contributed by atoms with Crippen LogP contribution in [0.5, 0.6) is 0 Å². The number of halogens is 1. The molecule has 0 aliphatic carbocycles. The smallest absolute Gasteiger partial charge is 0.146 e. The van der Waals surface area contributed by atoms with Gasteiger partial charge in [-0.3, -0.25) is 0 Å². The average Bonchev–Trinajstić information content (AvgIpc) is 2.40. The van der Waals surface area contributed by atoms with Gasteiger partial charge in [-0.05, 0) is 18.6 Å². The Morgan fingerprint density at radius 2 is 1.74 bits per heavy atom. The Labute approximate surface area is 113 Å². The van der Waals surface area contributed by atoms with Crippen molar-refractivity contribution in [3.8, 4) is 0 Å². The molecule has 1 rings (SSSR count). The van der Waals surface area contributed by atoms with Gasteiger partial charge in [0.1, 0.15) is 5.82 Å². The molecule has 19 heavy (non-hydrogen) atoms. The van der Waals surface area contributed by atoms with E-state index in [1.807, 2.05) is 13.0 Å². The highest BCUT2D eigenvalue weighted by atomic mass is 19.1. The van der Waals surface area contributed by atoms with Gasteiger partial charge in [0, 0.05) is 13.7 Å². The molecule has 0 heterocycles. The molecule has 1 aromatic rings. The molecule has 0 spiro atoms. The molecule has 0 aliphatic heterocycles. The van der Waals surface area contributed by atoms with Crippen LogP contribution in [0.1, 0.15) is 5.56 Å². The van der Waals surface area contributed by atoms with Crippen LogP contribution < -0.4 is 5.32 Å². The Hall–Kier alpha value is -1.17. The van der Waals surface area contributed by atoms with Crippen LogP contribution in [-0.4, -0.2) is 46.7 Å². The summed E-state index contributed by atoms with van der Waals surface area (Å²) in [6.45, 7) is 5.20. The number of hydrogen-bond acceptors (Lipinski definition) is 4. The highest BCUT2D eigenvalue weighted by molar-refractivity contribution is 5.51. The summed E-state index contributed by atoms with van der Waals surface area (Å²) < 4.78 is 28.9. The monoisotopic (exact) mass is 271 g/mol. The fourth-order valence-electron chi connectivity index (χ4n) is 1.57. The van der Waals surface area contributed by atoms with Gasteiger partial charge in [0.2, 0.25) is 0 Å². The normalized spacial score (nSPS) is 10.7. The first kappa shape index (κ1) is 15.9. The van der Waals surface area contributed by atoms with Gasteiger partial charge in [-0.25, -0.2) is 4.39 Å². The standard InChI is InChI=1S/C14H22FNO3/c1-12-4-3-5-13(15)14(12)16-6-7-18-10-11-19-9-8-17-2/h3-5,16H,6-11H2,1-2H3. The maximum atomic E-state index is 13.5. The SMILES string of the molecule is COCCOCCOCCNc1c(C)cccc1F. The van der Waals surface area contributed by atoms with Gasteiger partial charge < -0.3 is 19.5 Å². The fraction of sp³-hybridized carbons (Fsp3) is 0.571. The summed E-state index contributed by atoms with van der Waals surface area (Å²) in [6.07, 6.45) is 0. The van der Waals surface area contributed by atoms with Crippen molar-refractivity contribution in [3.05, 3.63) is 29.6 Å². The Morgan fingerprint density at radius 1 is 1.05 bits per heavy atom. The highest BCUT2D eigenvalue weighted by Gasteiger charge is 2.03. The summed E-state index contributed by atoms with van der Waals surface area (Å²) in [5.41, 5.74) is 1.44. The number of anilines is 1. The molecule has 0 atom stereocenters. The van der Waals surface area contributed by atoms with Crippen LogP contribution >= 0.6 is 0 Å². The molecule has 0 fully saturated rings. The van der Waals surface area contributed by atoms with E-state index < -0.39 is 0 Å². The maximum absolute atomic E-state index is 13.5. The predicted molar refractivity (Wildman–Crippen MR) is 73.1 cm³/mol. The molecule has 0 saturated heterocycles. The third-order valence-electron chi connectivity index (χ3n) is 2.57. The lowest BCUT2D eigenvalue weighted by Crippen LogP contribution is -2.14. The number of hydrogen-bond donors (Lipinski definition) is 1. The van der Waals surface area contributed by atoms with Gasteiger partial charge in [-0.15, -0.1) is 0 Å². The molecular weight excluding hydrogens is 249 g/mol. The predicted octanol–water partition coefficient (Wildman–Crippen LogP) is 2.23. The van der Waals surface area contributed by atoms with Crippen LogP contribution in [0.4, 0.5) is 10.1 Å². The molecule has 0 unspecified atom stereocenters. The van der Waals surface area contributed by atoms with E-state index in [0.29, 0.717) is 45.3 Å². The van der Waals surface area contributed by atoms with Crippen LogP contribution in [0.3, 0.4) is 0 Å². The molecular formula is C14H22FNO3. The minimum Gasteiger partial charge on any atom is -0.382 e. The van der Waals surface area contributed by atoms with Gasteiger partial charge in [-0.2, -0.15) is 0 Å². The zero-order chi connectivity index (χ0) is 13.9. The van der Waals surface area contributed by atoms with E-state index in [4.69, 9.17) is 14.2 Å². The van der Waals surface area contributed by atoms with Gasteiger partial charge in [-0.1, -0.05) is 12.1 Å². The number of methoxy groups -OCH3 is 1. The Morgan fingerprint density at radius 3 is 2.42 bits per heavy atom. The fourth-order valence-corrected chi connectivity index (χ4v) is 1.57. The van der Waals surface area contributed by atoms with E-state index in [0.717, 1.165) is 5.56 Å². The molecule has 108 valence electrons. The van der Waals surface area contributed by atoms with Crippen molar-refractivity contribution in [2.75, 3.05) is 52.0 Å². The molecule has 0 saturated carbocycles. The molecule has 4 nitrogen and oxygen atoms in total. The summed E-state index contributed by atoms with van der Waals surface area (Å²) in [6, 6.07) is 5.01. The van der Waals surface area contributed by atoms with Gasteiger partial charge in [0.15, 0.2) is 0 Å². The number of ether oxygens (including phenoxy) is 3. The highest BCUT2D eigenvalue weighted by Crippen LogP contribution is 2.17. The second-order valence-corrected chi connectivity index (χ2v) is 4.08. The Balaban J connectivity index is 2.05. The maximum Gasteiger partial charge on any atom is 0.146 e. The number of aryl methyl sites for hydroxylation is 1. The number of benzene rings is 1. The van der Waals surface area contributed by atoms with E-state index in [1.165, 1.54) is 6.07 Å². The van der Waals surface area contributed by atoms with Gasteiger partial charge >= 0.3 is 0 Å². The first-order chi connectivity index (χ1) is 9.25. The molecule has 1 aromatic carbocycles. The third kappa shape index (κ3) is 6.52. The summed E-state index contributed by atoms with van der Waals surface area (Å²) >= 11 is 0. The molecule has 0 aromatic heterocycles. The van der Waals surface area contributed by atoms with Crippen LogP contribution in [0, 0.1) is 12.7 Å². The molecule has 0 radical (unpaired) electrons. The lowest BCUT2D eigenvalue weighted by atomic mass is 10.2. The van der Waals surface area contributed by atoms with Crippen LogP contribution in [0.2, 0.25) is 0 Å². The van der Waals surface area contributed by atoms with Crippen molar-refractivity contribution in [1.29, 1.82) is 0 Å². The van der Waals surface area contributed by atoms with E-state index >= 15 is 0 Å². The van der Waals surface area contributed by atoms with E-state index in [-0.39, 0.29) is 5.82 Å². The summed E-state index contributed by atoms with van der Waals surface area (Å²) in [5.74, 6) is -0.233. The first-order valence-corrected chi connectivity index (χ1v) is 6.39. The number of para-hydroxylation sites is 1. The zero-order valence-electron chi connectivity index (χ0n) is 11.6.